The van der Waals surface area contributed by atoms with E-state index >= 15 is 0 Å². The van der Waals surface area contributed by atoms with Crippen molar-refractivity contribution in [1.29, 1.82) is 0 Å². The van der Waals surface area contributed by atoms with Crippen LogP contribution in [0.2, 0.25) is 0 Å². The molecule has 0 spiro atoms. The number of hydrogen-bond donors (Lipinski definition) is 1. The predicted molar refractivity (Wildman–Crippen MR) is 83.1 cm³/mol. The minimum Gasteiger partial charge on any atom is -0.466 e. The fourth-order valence-corrected chi connectivity index (χ4v) is 3.22. The largest absolute Gasteiger partial charge is 0.466 e. The maximum atomic E-state index is 11.4. The fourth-order valence-electron chi connectivity index (χ4n) is 2.17. The van der Waals surface area contributed by atoms with Crippen LogP contribution in [0.15, 0.2) is 45.9 Å². The molecule has 2 unspecified atom stereocenters. The summed E-state index contributed by atoms with van der Waals surface area (Å²) in [6.45, 7) is 3.45. The van der Waals surface area contributed by atoms with Gasteiger partial charge in [-0.3, -0.25) is 4.79 Å². The van der Waals surface area contributed by atoms with Gasteiger partial charge in [-0.25, -0.2) is 0 Å². The number of rotatable bonds is 6. The molecule has 5 nitrogen and oxygen atoms in total. The lowest BCUT2D eigenvalue weighted by molar-refractivity contribution is -0.163. The number of thioether (sulfide) groups is 1. The molecule has 0 fully saturated rings. The van der Waals surface area contributed by atoms with Gasteiger partial charge in [0.25, 0.3) is 0 Å². The molecular formula is C16H20O5S. The molecule has 1 aromatic rings. The molecule has 2 rings (SSSR count). The molecule has 0 saturated heterocycles. The van der Waals surface area contributed by atoms with E-state index in [1.807, 2.05) is 37.3 Å². The van der Waals surface area contributed by atoms with Crippen molar-refractivity contribution in [1.82, 2.24) is 0 Å². The van der Waals surface area contributed by atoms with Gasteiger partial charge in [-0.2, -0.15) is 0 Å². The number of ether oxygens (including phenoxy) is 3. The number of carbonyl (C=O) groups excluding carboxylic acids is 1. The topological polar surface area (TPSA) is 65.0 Å². The zero-order valence-electron chi connectivity index (χ0n) is 12.7. The summed E-state index contributed by atoms with van der Waals surface area (Å²) in [6, 6.07) is 9.68. The van der Waals surface area contributed by atoms with Gasteiger partial charge in [0.05, 0.1) is 11.3 Å². The zero-order chi connectivity index (χ0) is 15.9. The number of aliphatic hydroxyl groups excluding tert-OH is 1. The van der Waals surface area contributed by atoms with Crippen molar-refractivity contribution in [3.05, 3.63) is 41.0 Å². The van der Waals surface area contributed by atoms with E-state index in [4.69, 9.17) is 14.2 Å². The lowest BCUT2D eigenvalue weighted by atomic mass is 10.1. The van der Waals surface area contributed by atoms with Crippen molar-refractivity contribution in [3.63, 3.8) is 0 Å². The summed E-state index contributed by atoms with van der Waals surface area (Å²) >= 11 is 1.43. The van der Waals surface area contributed by atoms with Crippen molar-refractivity contribution in [2.45, 2.75) is 37.6 Å². The molecule has 1 heterocycles. The molecule has 1 aliphatic rings. The molecule has 120 valence electrons. The first kappa shape index (κ1) is 16.9. The molecule has 0 amide bonds. The fraction of sp³-hybridized carbons (Fsp3) is 0.438. The molecule has 0 aliphatic carbocycles. The third-order valence-corrected chi connectivity index (χ3v) is 4.24. The summed E-state index contributed by atoms with van der Waals surface area (Å²) in [6.07, 6.45) is -0.585. The molecule has 0 saturated carbocycles. The summed E-state index contributed by atoms with van der Waals surface area (Å²) in [5.41, 5.74) is 0. The number of carbonyl (C=O) groups is 1. The lowest BCUT2D eigenvalue weighted by Gasteiger charge is -2.32. The first-order valence-corrected chi connectivity index (χ1v) is 7.98. The van der Waals surface area contributed by atoms with Crippen molar-refractivity contribution in [2.75, 3.05) is 13.2 Å². The highest BCUT2D eigenvalue weighted by atomic mass is 32.2. The van der Waals surface area contributed by atoms with Gasteiger partial charge in [0.2, 0.25) is 6.29 Å². The quantitative estimate of drug-likeness (QED) is 0.812. The van der Waals surface area contributed by atoms with E-state index in [0.29, 0.717) is 23.7 Å². The minimum atomic E-state index is -0.517. The van der Waals surface area contributed by atoms with Crippen LogP contribution in [-0.4, -0.2) is 36.7 Å². The van der Waals surface area contributed by atoms with Crippen LogP contribution in [0.1, 0.15) is 20.3 Å². The molecule has 1 aliphatic heterocycles. The molecule has 0 aromatic heterocycles. The number of aliphatic hydroxyl groups is 1. The van der Waals surface area contributed by atoms with Gasteiger partial charge in [0, 0.05) is 18.4 Å². The average molecular weight is 324 g/mol. The third-order valence-electron chi connectivity index (χ3n) is 3.02. The number of esters is 1. The van der Waals surface area contributed by atoms with Crippen LogP contribution in [0.4, 0.5) is 0 Å². The predicted octanol–water partition coefficient (Wildman–Crippen LogP) is 2.70. The van der Waals surface area contributed by atoms with Crippen LogP contribution in [0.25, 0.3) is 0 Å². The number of benzene rings is 1. The van der Waals surface area contributed by atoms with Crippen LogP contribution < -0.4 is 0 Å². The van der Waals surface area contributed by atoms with Crippen LogP contribution in [0, 0.1) is 0 Å². The average Bonchev–Trinajstić information content (AvgIpc) is 2.50. The standard InChI is InChI=1S/C16H20O5S/c1-3-19-15-9-13(20-11(2)18)16(14(10-17)21-15)22-12-7-5-4-6-8-12/h4-8,13,15,17H,3,9-10H2,1-2H3. The van der Waals surface area contributed by atoms with Gasteiger partial charge in [0.15, 0.2) is 0 Å². The first-order valence-electron chi connectivity index (χ1n) is 7.16. The zero-order valence-corrected chi connectivity index (χ0v) is 13.5. The van der Waals surface area contributed by atoms with Crippen molar-refractivity contribution in [2.24, 2.45) is 0 Å². The summed E-state index contributed by atoms with van der Waals surface area (Å²) in [5, 5.41) is 9.59. The molecule has 0 bridgehead atoms. The van der Waals surface area contributed by atoms with Gasteiger partial charge in [0.1, 0.15) is 18.5 Å². The molecule has 22 heavy (non-hydrogen) atoms. The van der Waals surface area contributed by atoms with E-state index in [9.17, 15) is 9.90 Å². The highest BCUT2D eigenvalue weighted by Crippen LogP contribution is 2.38. The van der Waals surface area contributed by atoms with Crippen molar-refractivity contribution >= 4 is 17.7 Å². The van der Waals surface area contributed by atoms with E-state index in [1.54, 1.807) is 0 Å². The molecular weight excluding hydrogens is 304 g/mol. The summed E-state index contributed by atoms with van der Waals surface area (Å²) in [5.74, 6) is 0.0235. The Morgan fingerprint density at radius 1 is 1.41 bits per heavy atom. The lowest BCUT2D eigenvalue weighted by Crippen LogP contribution is -2.34. The molecule has 2 atom stereocenters. The highest BCUT2D eigenvalue weighted by Gasteiger charge is 2.33. The van der Waals surface area contributed by atoms with Gasteiger partial charge in [-0.1, -0.05) is 30.0 Å². The molecule has 1 aromatic carbocycles. The van der Waals surface area contributed by atoms with E-state index in [0.717, 1.165) is 4.90 Å². The van der Waals surface area contributed by atoms with Gasteiger partial charge in [-0.05, 0) is 19.1 Å². The Kier molecular flexibility index (Phi) is 6.30. The van der Waals surface area contributed by atoms with Crippen LogP contribution in [0.3, 0.4) is 0 Å². The van der Waals surface area contributed by atoms with Gasteiger partial charge < -0.3 is 19.3 Å². The smallest absolute Gasteiger partial charge is 0.303 e. The Balaban J connectivity index is 2.26. The normalized spacial score (nSPS) is 21.4. The van der Waals surface area contributed by atoms with Gasteiger partial charge in [-0.15, -0.1) is 0 Å². The Bertz CT molecular complexity index is 529. The number of hydrogen-bond acceptors (Lipinski definition) is 6. The van der Waals surface area contributed by atoms with Gasteiger partial charge >= 0.3 is 5.97 Å². The first-order chi connectivity index (χ1) is 10.6. The van der Waals surface area contributed by atoms with E-state index in [2.05, 4.69) is 0 Å². The van der Waals surface area contributed by atoms with E-state index < -0.39 is 12.4 Å². The Hall–Kier alpha value is -1.50. The second-order valence-electron chi connectivity index (χ2n) is 4.70. The maximum absolute atomic E-state index is 11.4. The van der Waals surface area contributed by atoms with Crippen LogP contribution >= 0.6 is 11.8 Å². The SMILES string of the molecule is CCOC1CC(OC(C)=O)C(Sc2ccccc2)=C(CO)O1. The summed E-state index contributed by atoms with van der Waals surface area (Å²) < 4.78 is 16.5. The van der Waals surface area contributed by atoms with E-state index in [-0.39, 0.29) is 12.6 Å². The molecule has 0 radical (unpaired) electrons. The third kappa shape index (κ3) is 4.50. The summed E-state index contributed by atoms with van der Waals surface area (Å²) in [4.78, 5) is 13.1. The highest BCUT2D eigenvalue weighted by molar-refractivity contribution is 8.03. The monoisotopic (exact) mass is 324 g/mol. The Morgan fingerprint density at radius 2 is 2.14 bits per heavy atom. The summed E-state index contributed by atoms with van der Waals surface area (Å²) in [7, 11) is 0. The van der Waals surface area contributed by atoms with Crippen LogP contribution in [-0.2, 0) is 19.0 Å². The minimum absolute atomic E-state index is 0.267. The van der Waals surface area contributed by atoms with Crippen molar-refractivity contribution < 1.29 is 24.1 Å². The maximum Gasteiger partial charge on any atom is 0.303 e. The van der Waals surface area contributed by atoms with Crippen LogP contribution in [0.5, 0.6) is 0 Å². The molecule has 6 heteroatoms. The van der Waals surface area contributed by atoms with E-state index in [1.165, 1.54) is 18.7 Å². The van der Waals surface area contributed by atoms with Crippen molar-refractivity contribution in [3.8, 4) is 0 Å². The second kappa shape index (κ2) is 8.22. The Labute approximate surface area is 134 Å². The second-order valence-corrected chi connectivity index (χ2v) is 5.81. The Morgan fingerprint density at radius 3 is 2.73 bits per heavy atom. The molecule has 1 N–H and O–H groups in total.